The number of nitrogens with zero attached hydrogens (tertiary/aromatic N) is 3. The maximum Gasteiger partial charge on any atom is 0.254 e. The van der Waals surface area contributed by atoms with Crippen LogP contribution in [0.3, 0.4) is 0 Å². The molecule has 2 aliphatic rings. The van der Waals surface area contributed by atoms with Crippen molar-refractivity contribution in [3.63, 3.8) is 0 Å². The number of fused-ring (bicyclic) bond motifs is 1. The highest BCUT2D eigenvalue weighted by molar-refractivity contribution is 7.89. The molecule has 2 heterocycles. The van der Waals surface area contributed by atoms with Crippen LogP contribution in [0.1, 0.15) is 22.3 Å². The Balaban J connectivity index is 1.54. The quantitative estimate of drug-likeness (QED) is 0.815. The van der Waals surface area contributed by atoms with E-state index in [9.17, 15) is 13.2 Å². The third-order valence-electron chi connectivity index (χ3n) is 5.40. The summed E-state index contributed by atoms with van der Waals surface area (Å²) >= 11 is 0. The maximum atomic E-state index is 13.0. The molecular weight excluding hydrogens is 362 g/mol. The summed E-state index contributed by atoms with van der Waals surface area (Å²) < 4.78 is 27.4. The highest BCUT2D eigenvalue weighted by Crippen LogP contribution is 2.35. The molecule has 27 heavy (non-hydrogen) atoms. The van der Waals surface area contributed by atoms with Crippen LogP contribution in [0, 0.1) is 17.2 Å². The lowest BCUT2D eigenvalue weighted by Gasteiger charge is -2.53. The number of benzene rings is 2. The van der Waals surface area contributed by atoms with Crippen molar-refractivity contribution in [3.8, 4) is 6.07 Å². The van der Waals surface area contributed by atoms with Gasteiger partial charge in [0.25, 0.3) is 5.91 Å². The Labute approximate surface area is 158 Å². The molecule has 2 saturated heterocycles. The molecule has 0 N–H and O–H groups in total. The summed E-state index contributed by atoms with van der Waals surface area (Å²) in [5, 5.41) is 9.03. The van der Waals surface area contributed by atoms with Crippen LogP contribution in [-0.2, 0) is 10.0 Å². The van der Waals surface area contributed by atoms with Crippen molar-refractivity contribution >= 4 is 15.9 Å². The standard InChI is InChI=1S/C20H19N3O3S/c21-12-15-5-4-8-18(11-15)27(25,26)22-10-9-17-13-23(19(17)14-22)20(24)16-6-2-1-3-7-16/h1-8,11,17,19H,9-10,13-14H2/t17-,19-/m1/s1. The van der Waals surface area contributed by atoms with Gasteiger partial charge in [0.1, 0.15) is 0 Å². The number of carbonyl (C=O) groups excluding carboxylic acids is 1. The molecule has 2 aromatic rings. The summed E-state index contributed by atoms with van der Waals surface area (Å²) in [5.41, 5.74) is 0.938. The van der Waals surface area contributed by atoms with E-state index in [2.05, 4.69) is 0 Å². The molecule has 0 aromatic heterocycles. The van der Waals surface area contributed by atoms with Crippen LogP contribution >= 0.6 is 0 Å². The second-order valence-electron chi connectivity index (χ2n) is 6.94. The minimum Gasteiger partial charge on any atom is -0.334 e. The Morgan fingerprint density at radius 2 is 1.85 bits per heavy atom. The Morgan fingerprint density at radius 1 is 1.07 bits per heavy atom. The largest absolute Gasteiger partial charge is 0.334 e. The first-order valence-electron chi connectivity index (χ1n) is 8.87. The van der Waals surface area contributed by atoms with Crippen molar-refractivity contribution in [1.82, 2.24) is 9.21 Å². The van der Waals surface area contributed by atoms with Crippen LogP contribution in [0.2, 0.25) is 0 Å². The van der Waals surface area contributed by atoms with E-state index in [0.29, 0.717) is 36.7 Å². The number of hydrogen-bond acceptors (Lipinski definition) is 4. The number of amides is 1. The summed E-state index contributed by atoms with van der Waals surface area (Å²) in [6, 6.07) is 17.0. The first-order chi connectivity index (χ1) is 13.0. The van der Waals surface area contributed by atoms with Crippen molar-refractivity contribution in [1.29, 1.82) is 5.26 Å². The van der Waals surface area contributed by atoms with Gasteiger partial charge >= 0.3 is 0 Å². The Bertz CT molecular complexity index is 1010. The molecule has 0 radical (unpaired) electrons. The van der Waals surface area contributed by atoms with Crippen molar-refractivity contribution in [2.45, 2.75) is 17.4 Å². The first-order valence-corrected chi connectivity index (χ1v) is 10.3. The van der Waals surface area contributed by atoms with E-state index in [1.54, 1.807) is 29.2 Å². The molecule has 2 aromatic carbocycles. The minimum absolute atomic E-state index is 0.0532. The minimum atomic E-state index is -3.69. The number of nitriles is 1. The van der Waals surface area contributed by atoms with Crippen LogP contribution in [0.5, 0.6) is 0 Å². The van der Waals surface area contributed by atoms with Crippen molar-refractivity contribution in [2.75, 3.05) is 19.6 Å². The number of sulfonamides is 1. The SMILES string of the molecule is N#Cc1cccc(S(=O)(=O)N2CC[C@@H]3CN(C(=O)c4ccccc4)[C@@H]3C2)c1. The lowest BCUT2D eigenvalue weighted by atomic mass is 9.82. The van der Waals surface area contributed by atoms with Gasteiger partial charge in [-0.3, -0.25) is 4.79 Å². The van der Waals surface area contributed by atoms with Gasteiger partial charge in [0.05, 0.1) is 22.6 Å². The molecular formula is C20H19N3O3S. The van der Waals surface area contributed by atoms with Gasteiger partial charge in [0.2, 0.25) is 10.0 Å². The smallest absolute Gasteiger partial charge is 0.254 e. The van der Waals surface area contributed by atoms with E-state index in [0.717, 1.165) is 6.42 Å². The van der Waals surface area contributed by atoms with E-state index < -0.39 is 10.0 Å². The fourth-order valence-electron chi connectivity index (χ4n) is 3.84. The third-order valence-corrected chi connectivity index (χ3v) is 7.26. The molecule has 0 saturated carbocycles. The number of rotatable bonds is 3. The number of likely N-dealkylation sites (tertiary alicyclic amines) is 1. The monoisotopic (exact) mass is 381 g/mol. The van der Waals surface area contributed by atoms with Crippen molar-refractivity contribution in [3.05, 3.63) is 65.7 Å². The van der Waals surface area contributed by atoms with Gasteiger partial charge in [-0.15, -0.1) is 0 Å². The Hall–Kier alpha value is -2.69. The summed E-state index contributed by atoms with van der Waals surface area (Å²) in [5.74, 6) is 0.289. The molecule has 2 atom stereocenters. The van der Waals surface area contributed by atoms with Gasteiger partial charge in [-0.25, -0.2) is 8.42 Å². The molecule has 2 aliphatic heterocycles. The predicted octanol–water partition coefficient (Wildman–Crippen LogP) is 2.09. The number of carbonyl (C=O) groups is 1. The highest BCUT2D eigenvalue weighted by atomic mass is 32.2. The molecule has 0 aliphatic carbocycles. The van der Waals surface area contributed by atoms with Gasteiger partial charge in [0.15, 0.2) is 0 Å². The zero-order valence-electron chi connectivity index (χ0n) is 14.7. The van der Waals surface area contributed by atoms with Crippen LogP contribution in [0.15, 0.2) is 59.5 Å². The molecule has 6 nitrogen and oxygen atoms in total. The molecule has 0 bridgehead atoms. The predicted molar refractivity (Wildman–Crippen MR) is 99.3 cm³/mol. The van der Waals surface area contributed by atoms with Gasteiger partial charge in [0, 0.05) is 25.2 Å². The average molecular weight is 381 g/mol. The molecule has 0 unspecified atom stereocenters. The van der Waals surface area contributed by atoms with Gasteiger partial charge < -0.3 is 4.90 Å². The van der Waals surface area contributed by atoms with Crippen LogP contribution in [0.4, 0.5) is 0 Å². The zero-order chi connectivity index (χ0) is 19.0. The van der Waals surface area contributed by atoms with Gasteiger partial charge in [-0.2, -0.15) is 9.57 Å². The number of hydrogen-bond donors (Lipinski definition) is 0. The first kappa shape index (κ1) is 17.7. The molecule has 2 fully saturated rings. The summed E-state index contributed by atoms with van der Waals surface area (Å²) in [4.78, 5) is 14.6. The van der Waals surface area contributed by atoms with E-state index in [1.165, 1.54) is 16.4 Å². The van der Waals surface area contributed by atoms with E-state index >= 15 is 0 Å². The second kappa shape index (κ2) is 6.80. The molecule has 4 rings (SSSR count). The third kappa shape index (κ3) is 3.11. The molecule has 0 spiro atoms. The summed E-state index contributed by atoms with van der Waals surface area (Å²) in [6.07, 6.45) is 0.737. The fraction of sp³-hybridized carbons (Fsp3) is 0.300. The number of piperidine rings is 1. The van der Waals surface area contributed by atoms with Gasteiger partial charge in [-0.05, 0) is 42.7 Å². The second-order valence-corrected chi connectivity index (χ2v) is 8.88. The Kier molecular flexibility index (Phi) is 4.46. The lowest BCUT2D eigenvalue weighted by Crippen LogP contribution is -2.66. The van der Waals surface area contributed by atoms with E-state index in [-0.39, 0.29) is 16.8 Å². The lowest BCUT2D eigenvalue weighted by molar-refractivity contribution is -0.0118. The summed E-state index contributed by atoms with van der Waals surface area (Å²) in [6.45, 7) is 1.41. The van der Waals surface area contributed by atoms with Crippen molar-refractivity contribution < 1.29 is 13.2 Å². The summed E-state index contributed by atoms with van der Waals surface area (Å²) in [7, 11) is -3.69. The molecule has 7 heteroatoms. The van der Waals surface area contributed by atoms with Gasteiger partial charge in [-0.1, -0.05) is 24.3 Å². The zero-order valence-corrected chi connectivity index (χ0v) is 15.5. The van der Waals surface area contributed by atoms with Crippen LogP contribution < -0.4 is 0 Å². The normalized spacial score (nSPS) is 22.4. The fourth-order valence-corrected chi connectivity index (χ4v) is 5.36. The van der Waals surface area contributed by atoms with Crippen LogP contribution in [-0.4, -0.2) is 49.2 Å². The van der Waals surface area contributed by atoms with Crippen molar-refractivity contribution in [2.24, 2.45) is 5.92 Å². The average Bonchev–Trinajstić information content (AvgIpc) is 2.69. The van der Waals surface area contributed by atoms with Crippen LogP contribution in [0.25, 0.3) is 0 Å². The molecule has 138 valence electrons. The topological polar surface area (TPSA) is 81.5 Å². The van der Waals surface area contributed by atoms with E-state index in [4.69, 9.17) is 5.26 Å². The highest BCUT2D eigenvalue weighted by Gasteiger charge is 2.47. The Morgan fingerprint density at radius 3 is 2.59 bits per heavy atom. The molecule has 1 amide bonds. The van der Waals surface area contributed by atoms with E-state index in [1.807, 2.05) is 24.3 Å². The maximum absolute atomic E-state index is 13.0.